The van der Waals surface area contributed by atoms with Crippen LogP contribution >= 0.6 is 0 Å². The molecule has 0 aromatic rings. The molecule has 46 heavy (non-hydrogen) atoms. The van der Waals surface area contributed by atoms with Crippen LogP contribution < -0.4 is 0 Å². The average Bonchev–Trinajstić information content (AvgIpc) is 3.08. The zero-order valence-electron chi connectivity index (χ0n) is 29.4. The van der Waals surface area contributed by atoms with E-state index in [0.29, 0.717) is 0 Å². The molecule has 0 N–H and O–H groups in total. The Kier molecular flexibility index (Phi) is 20.0. The smallest absolute Gasteiger partial charge is 0.187 e. The van der Waals surface area contributed by atoms with Crippen molar-refractivity contribution < 1.29 is 75.8 Å². The molecule has 16 heteroatoms. The molecule has 2 aliphatic heterocycles. The van der Waals surface area contributed by atoms with Crippen molar-refractivity contribution in [3.05, 3.63) is 0 Å². The van der Waals surface area contributed by atoms with Crippen LogP contribution in [0.1, 0.15) is 0 Å². The first kappa shape index (κ1) is 41.5. The highest BCUT2D eigenvalue weighted by atomic mass is 16.8. The fourth-order valence-electron chi connectivity index (χ4n) is 6.19. The van der Waals surface area contributed by atoms with E-state index in [-0.39, 0.29) is 26.4 Å². The molecule has 0 aromatic carbocycles. The van der Waals surface area contributed by atoms with Gasteiger partial charge in [-0.2, -0.15) is 0 Å². The molecular formula is C30H58O16. The summed E-state index contributed by atoms with van der Waals surface area (Å²) in [5, 5.41) is 0. The lowest BCUT2D eigenvalue weighted by Crippen LogP contribution is -2.63. The number of hydrogen-bond donors (Lipinski definition) is 0. The highest BCUT2D eigenvalue weighted by Crippen LogP contribution is 2.32. The second kappa shape index (κ2) is 22.2. The number of methoxy groups -OCH3 is 12. The summed E-state index contributed by atoms with van der Waals surface area (Å²) in [5.74, 6) is 0. The molecule has 2 heterocycles. The molecule has 0 aliphatic carbocycles. The van der Waals surface area contributed by atoms with Gasteiger partial charge in [0, 0.05) is 85.3 Å². The van der Waals surface area contributed by atoms with Crippen molar-refractivity contribution in [3.8, 4) is 0 Å². The van der Waals surface area contributed by atoms with Crippen LogP contribution in [0.3, 0.4) is 0 Å². The maximum atomic E-state index is 6.43. The van der Waals surface area contributed by atoms with Crippen molar-refractivity contribution in [3.63, 3.8) is 0 Å². The first-order valence-corrected chi connectivity index (χ1v) is 15.1. The van der Waals surface area contributed by atoms with Crippen molar-refractivity contribution in [2.24, 2.45) is 0 Å². The van der Waals surface area contributed by atoms with Gasteiger partial charge in [-0.05, 0) is 0 Å². The van der Waals surface area contributed by atoms with E-state index in [0.717, 1.165) is 0 Å². The summed E-state index contributed by atoms with van der Waals surface area (Å²) in [7, 11) is 18.9. The molecule has 2 aliphatic rings. The van der Waals surface area contributed by atoms with E-state index in [2.05, 4.69) is 0 Å². The minimum Gasteiger partial charge on any atom is -0.382 e. The predicted molar refractivity (Wildman–Crippen MR) is 161 cm³/mol. The second-order valence-electron chi connectivity index (χ2n) is 10.8. The van der Waals surface area contributed by atoms with E-state index >= 15 is 0 Å². The maximum Gasteiger partial charge on any atom is 0.187 e. The average molecular weight is 675 g/mol. The maximum absolute atomic E-state index is 6.43. The molecule has 0 radical (unpaired) electrons. The lowest BCUT2D eigenvalue weighted by Gasteiger charge is -2.47. The molecule has 0 aromatic heterocycles. The van der Waals surface area contributed by atoms with E-state index in [4.69, 9.17) is 75.8 Å². The largest absolute Gasteiger partial charge is 0.382 e. The second-order valence-corrected chi connectivity index (χ2v) is 10.8. The molecule has 2 saturated heterocycles. The third-order valence-corrected chi connectivity index (χ3v) is 8.53. The summed E-state index contributed by atoms with van der Waals surface area (Å²) in [6, 6.07) is 0. The highest BCUT2D eigenvalue weighted by molar-refractivity contribution is 4.95. The zero-order valence-corrected chi connectivity index (χ0v) is 29.4. The lowest BCUT2D eigenvalue weighted by atomic mass is 9.97. The standard InChI is InChI=1S/C30H58O16/c1-31-13-17(33-3)21(35-5)22(36-6)18(34-4)15-43-29-28(42-12)26(40-10)24(38-8)20(46-29)16-44-30-27(41-11)25(39-9)23(37-7)19(45-30)14-32-2/h17-30H,13-16H2,1-12H3. The molecule has 0 amide bonds. The number of rotatable bonds is 23. The zero-order chi connectivity index (χ0) is 34.2. The van der Waals surface area contributed by atoms with Crippen LogP contribution in [-0.2, 0) is 75.8 Å². The van der Waals surface area contributed by atoms with E-state index in [1.54, 1.807) is 85.3 Å². The van der Waals surface area contributed by atoms with Crippen LogP contribution in [0, 0.1) is 0 Å². The summed E-state index contributed by atoms with van der Waals surface area (Å²) in [6.45, 7) is 0.627. The van der Waals surface area contributed by atoms with Crippen molar-refractivity contribution in [2.75, 3.05) is 112 Å². The normalized spacial score (nSPS) is 34.7. The van der Waals surface area contributed by atoms with Gasteiger partial charge in [0.15, 0.2) is 12.6 Å². The van der Waals surface area contributed by atoms with Crippen molar-refractivity contribution in [2.45, 2.75) is 85.8 Å². The van der Waals surface area contributed by atoms with Gasteiger partial charge in [-0.15, -0.1) is 0 Å². The van der Waals surface area contributed by atoms with Crippen molar-refractivity contribution >= 4 is 0 Å². The Labute approximate surface area is 273 Å². The van der Waals surface area contributed by atoms with Crippen LogP contribution in [0.5, 0.6) is 0 Å². The molecule has 0 saturated carbocycles. The van der Waals surface area contributed by atoms with Crippen molar-refractivity contribution in [1.29, 1.82) is 0 Å². The monoisotopic (exact) mass is 674 g/mol. The van der Waals surface area contributed by atoms with E-state index in [1.807, 2.05) is 0 Å². The van der Waals surface area contributed by atoms with E-state index in [1.165, 1.54) is 0 Å². The fraction of sp³-hybridized carbons (Fsp3) is 1.00. The Bertz CT molecular complexity index is 781. The summed E-state index contributed by atoms with van der Waals surface area (Å²) in [6.07, 6.45) is -8.36. The van der Waals surface area contributed by atoms with Crippen molar-refractivity contribution in [1.82, 2.24) is 0 Å². The summed E-state index contributed by atoms with van der Waals surface area (Å²) >= 11 is 0. The minimum atomic E-state index is -0.903. The van der Waals surface area contributed by atoms with Crippen LogP contribution in [0.25, 0.3) is 0 Å². The van der Waals surface area contributed by atoms with Gasteiger partial charge in [0.1, 0.15) is 73.2 Å². The third kappa shape index (κ3) is 10.2. The lowest BCUT2D eigenvalue weighted by molar-refractivity contribution is -0.343. The predicted octanol–water partition coefficient (Wildman–Crippen LogP) is -0.0878. The van der Waals surface area contributed by atoms with Crippen LogP contribution in [0.4, 0.5) is 0 Å². The molecule has 16 nitrogen and oxygen atoms in total. The van der Waals surface area contributed by atoms with Gasteiger partial charge < -0.3 is 75.8 Å². The third-order valence-electron chi connectivity index (χ3n) is 8.53. The molecular weight excluding hydrogens is 616 g/mol. The van der Waals surface area contributed by atoms with Crippen LogP contribution in [-0.4, -0.2) is 198 Å². The summed E-state index contributed by atoms with van der Waals surface area (Å²) < 4.78 is 93.6. The fourth-order valence-corrected chi connectivity index (χ4v) is 6.19. The van der Waals surface area contributed by atoms with Gasteiger partial charge in [0.05, 0.1) is 26.4 Å². The highest BCUT2D eigenvalue weighted by Gasteiger charge is 2.51. The Balaban J connectivity index is 2.26. The molecule has 0 bridgehead atoms. The Morgan fingerprint density at radius 1 is 0.413 bits per heavy atom. The van der Waals surface area contributed by atoms with E-state index < -0.39 is 85.8 Å². The molecule has 14 atom stereocenters. The first-order chi connectivity index (χ1) is 22.3. The van der Waals surface area contributed by atoms with Gasteiger partial charge in [-0.3, -0.25) is 0 Å². The van der Waals surface area contributed by atoms with E-state index in [9.17, 15) is 0 Å². The van der Waals surface area contributed by atoms with Gasteiger partial charge >= 0.3 is 0 Å². The Hall–Kier alpha value is -0.640. The molecule has 274 valence electrons. The van der Waals surface area contributed by atoms with Gasteiger partial charge in [-0.1, -0.05) is 0 Å². The molecule has 2 rings (SSSR count). The van der Waals surface area contributed by atoms with Gasteiger partial charge in [-0.25, -0.2) is 0 Å². The van der Waals surface area contributed by atoms with Gasteiger partial charge in [0.25, 0.3) is 0 Å². The van der Waals surface area contributed by atoms with Crippen LogP contribution in [0.15, 0.2) is 0 Å². The van der Waals surface area contributed by atoms with Crippen LogP contribution in [0.2, 0.25) is 0 Å². The molecule has 14 unspecified atom stereocenters. The quantitative estimate of drug-likeness (QED) is 0.142. The summed E-state index contributed by atoms with van der Waals surface area (Å²) in [4.78, 5) is 0. The Morgan fingerprint density at radius 2 is 0.826 bits per heavy atom. The SMILES string of the molecule is COCC(OC)C(OC)C(OC)C(COC1OC(COC2OC(COC)C(OC)C(OC)C2OC)C(OC)C(OC)C1OC)OC. The topological polar surface area (TPSA) is 148 Å². The molecule has 2 fully saturated rings. The number of hydrogen-bond acceptors (Lipinski definition) is 16. The molecule has 0 spiro atoms. The first-order valence-electron chi connectivity index (χ1n) is 15.1. The van der Waals surface area contributed by atoms with Gasteiger partial charge in [0.2, 0.25) is 0 Å². The Morgan fingerprint density at radius 3 is 1.20 bits per heavy atom. The minimum absolute atomic E-state index is 0.0274. The summed E-state index contributed by atoms with van der Waals surface area (Å²) in [5.41, 5.74) is 0. The number of ether oxygens (including phenoxy) is 16.